The number of nitrogens with one attached hydrogen (secondary N) is 1. The van der Waals surface area contributed by atoms with Crippen LogP contribution in [0.4, 0.5) is 11.5 Å². The van der Waals surface area contributed by atoms with Crippen LogP contribution in [0.2, 0.25) is 0 Å². The zero-order chi connectivity index (χ0) is 23.8. The summed E-state index contributed by atoms with van der Waals surface area (Å²) in [5, 5.41) is 31.1. The number of carbonyl (C=O) groups is 1. The van der Waals surface area contributed by atoms with Gasteiger partial charge in [0.1, 0.15) is 5.75 Å². The molecule has 2 aliphatic rings. The number of hydrogen-bond donors (Lipinski definition) is 2. The molecular formula is C25H31N5O4. The molecule has 0 atom stereocenters. The quantitative estimate of drug-likeness (QED) is 0.410. The maximum atomic E-state index is 13.1. The van der Waals surface area contributed by atoms with Gasteiger partial charge < -0.3 is 20.4 Å². The topological polar surface area (TPSA) is 107 Å². The van der Waals surface area contributed by atoms with Gasteiger partial charge in [0.2, 0.25) is 0 Å². The molecule has 1 amide bonds. The van der Waals surface area contributed by atoms with Crippen LogP contribution in [0.25, 0.3) is 10.9 Å². The SMILES string of the molecule is CN(C)c1cccc(C(=O)Nc2cc3cn(C4CCC(O)CC4)nc3cc2OCC2CC2)[n+]1[O-]. The van der Waals surface area contributed by atoms with Crippen LogP contribution in [0.15, 0.2) is 36.5 Å². The van der Waals surface area contributed by atoms with E-state index < -0.39 is 5.91 Å². The van der Waals surface area contributed by atoms with Crippen molar-refractivity contribution >= 4 is 28.3 Å². The number of rotatable bonds is 7. The Kier molecular flexibility index (Phi) is 6.03. The van der Waals surface area contributed by atoms with Gasteiger partial charge in [0.15, 0.2) is 5.69 Å². The van der Waals surface area contributed by atoms with Gasteiger partial charge in [-0.3, -0.25) is 14.4 Å². The van der Waals surface area contributed by atoms with E-state index in [-0.39, 0.29) is 17.8 Å². The van der Waals surface area contributed by atoms with Gasteiger partial charge in [-0.15, -0.1) is 0 Å². The Labute approximate surface area is 198 Å². The first-order chi connectivity index (χ1) is 16.4. The molecule has 2 fully saturated rings. The highest BCUT2D eigenvalue weighted by atomic mass is 16.5. The second-order valence-corrected chi connectivity index (χ2v) is 9.65. The summed E-state index contributed by atoms with van der Waals surface area (Å²) in [6.45, 7) is 0.591. The number of fused-ring (bicyclic) bond motifs is 1. The summed E-state index contributed by atoms with van der Waals surface area (Å²) in [5.74, 6) is 0.986. The number of aliphatic hydroxyl groups is 1. The highest BCUT2D eigenvalue weighted by molar-refractivity contribution is 6.04. The van der Waals surface area contributed by atoms with Gasteiger partial charge in [-0.2, -0.15) is 5.10 Å². The van der Waals surface area contributed by atoms with E-state index >= 15 is 0 Å². The first-order valence-electron chi connectivity index (χ1n) is 11.9. The number of anilines is 2. The summed E-state index contributed by atoms with van der Waals surface area (Å²) in [7, 11) is 3.52. The molecular weight excluding hydrogens is 434 g/mol. The zero-order valence-corrected chi connectivity index (χ0v) is 19.6. The predicted octanol–water partition coefficient (Wildman–Crippen LogP) is 3.25. The van der Waals surface area contributed by atoms with Crippen LogP contribution in [0, 0.1) is 11.1 Å². The Morgan fingerprint density at radius 1 is 1.24 bits per heavy atom. The highest BCUT2D eigenvalue weighted by Gasteiger charge is 2.25. The van der Waals surface area contributed by atoms with Gasteiger partial charge in [0, 0.05) is 23.7 Å². The molecule has 2 aliphatic carbocycles. The standard InChI is InChI=1S/C25H31N5O4/c1-28(2)24-5-3-4-22(30(24)33)25(32)26-21-12-17-14-29(18-8-10-19(31)11-9-18)27-20(17)13-23(21)34-15-16-6-7-16/h3-5,12-14,16,18-19,31H,6-11,15H2,1-2H3,(H,26,32). The van der Waals surface area contributed by atoms with Crippen molar-refractivity contribution < 1.29 is 19.4 Å². The van der Waals surface area contributed by atoms with Crippen LogP contribution < -0.4 is 19.7 Å². The minimum Gasteiger partial charge on any atom is -0.710 e. The summed E-state index contributed by atoms with van der Waals surface area (Å²) in [5.41, 5.74) is 1.33. The average molecular weight is 466 g/mol. The van der Waals surface area contributed by atoms with Crippen molar-refractivity contribution in [2.45, 2.75) is 50.7 Å². The first kappa shape index (κ1) is 22.5. The first-order valence-corrected chi connectivity index (χ1v) is 11.9. The molecule has 2 saturated carbocycles. The Morgan fingerprint density at radius 3 is 2.71 bits per heavy atom. The van der Waals surface area contributed by atoms with Crippen molar-refractivity contribution in [3.05, 3.63) is 47.4 Å². The predicted molar refractivity (Wildman–Crippen MR) is 129 cm³/mol. The fourth-order valence-electron chi connectivity index (χ4n) is 4.46. The van der Waals surface area contributed by atoms with Crippen molar-refractivity contribution in [2.24, 2.45) is 5.92 Å². The summed E-state index contributed by atoms with van der Waals surface area (Å²) < 4.78 is 8.68. The van der Waals surface area contributed by atoms with E-state index in [0.717, 1.165) is 49.4 Å². The number of nitrogens with zero attached hydrogens (tertiary/aromatic N) is 4. The van der Waals surface area contributed by atoms with Gasteiger partial charge in [0.05, 0.1) is 44.1 Å². The van der Waals surface area contributed by atoms with Gasteiger partial charge >= 0.3 is 0 Å². The van der Waals surface area contributed by atoms with Crippen LogP contribution in [0.3, 0.4) is 0 Å². The fraction of sp³-hybridized carbons (Fsp3) is 0.480. The number of carbonyl (C=O) groups excluding carboxylic acids is 1. The number of ether oxygens (including phenoxy) is 1. The zero-order valence-electron chi connectivity index (χ0n) is 19.6. The molecule has 2 aromatic heterocycles. The molecule has 5 rings (SSSR count). The molecule has 2 N–H and O–H groups in total. The number of aliphatic hydroxyl groups excluding tert-OH is 1. The largest absolute Gasteiger partial charge is 0.710 e. The third-order valence-electron chi connectivity index (χ3n) is 6.70. The average Bonchev–Trinajstić information content (AvgIpc) is 3.55. The monoisotopic (exact) mass is 465 g/mol. The second kappa shape index (κ2) is 9.13. The van der Waals surface area contributed by atoms with E-state index in [1.54, 1.807) is 31.1 Å². The lowest BCUT2D eigenvalue weighted by Gasteiger charge is -2.25. The van der Waals surface area contributed by atoms with Crippen molar-refractivity contribution in [2.75, 3.05) is 30.9 Å². The van der Waals surface area contributed by atoms with Crippen molar-refractivity contribution in [3.8, 4) is 5.75 Å². The molecule has 0 unspecified atom stereocenters. The third kappa shape index (κ3) is 4.65. The molecule has 0 aliphatic heterocycles. The second-order valence-electron chi connectivity index (χ2n) is 9.65. The number of amides is 1. The molecule has 0 bridgehead atoms. The van der Waals surface area contributed by atoms with E-state index in [4.69, 9.17) is 9.84 Å². The lowest BCUT2D eigenvalue weighted by Crippen LogP contribution is -2.41. The summed E-state index contributed by atoms with van der Waals surface area (Å²) >= 11 is 0. The summed E-state index contributed by atoms with van der Waals surface area (Å²) in [6, 6.07) is 8.84. The van der Waals surface area contributed by atoms with Crippen LogP contribution >= 0.6 is 0 Å². The maximum absolute atomic E-state index is 13.1. The Hall–Kier alpha value is -3.33. The molecule has 2 heterocycles. The van der Waals surface area contributed by atoms with Crippen molar-refractivity contribution in [3.63, 3.8) is 0 Å². The molecule has 9 nitrogen and oxygen atoms in total. The number of aromatic nitrogens is 3. The molecule has 34 heavy (non-hydrogen) atoms. The number of benzene rings is 1. The van der Waals surface area contributed by atoms with Gasteiger partial charge in [0.25, 0.3) is 11.7 Å². The van der Waals surface area contributed by atoms with E-state index in [1.165, 1.54) is 6.07 Å². The molecule has 0 saturated heterocycles. The molecule has 180 valence electrons. The van der Waals surface area contributed by atoms with Crippen molar-refractivity contribution in [1.29, 1.82) is 0 Å². The van der Waals surface area contributed by atoms with Crippen LogP contribution in [-0.4, -0.2) is 47.6 Å². The van der Waals surface area contributed by atoms with Gasteiger partial charge in [-0.25, -0.2) is 4.73 Å². The Morgan fingerprint density at radius 2 is 2.00 bits per heavy atom. The lowest BCUT2D eigenvalue weighted by molar-refractivity contribution is -0.594. The number of pyridine rings is 1. The molecule has 0 radical (unpaired) electrons. The normalized spacial score (nSPS) is 20.3. The molecule has 3 aromatic rings. The summed E-state index contributed by atoms with van der Waals surface area (Å²) in [4.78, 5) is 14.7. The van der Waals surface area contributed by atoms with E-state index in [2.05, 4.69) is 5.32 Å². The van der Waals surface area contributed by atoms with E-state index in [1.807, 2.05) is 23.0 Å². The minimum absolute atomic E-state index is 0.0101. The van der Waals surface area contributed by atoms with Crippen LogP contribution in [0.5, 0.6) is 5.75 Å². The van der Waals surface area contributed by atoms with Crippen molar-refractivity contribution in [1.82, 2.24) is 9.78 Å². The lowest BCUT2D eigenvalue weighted by atomic mass is 9.93. The van der Waals surface area contributed by atoms with E-state index in [0.29, 0.717) is 34.5 Å². The van der Waals surface area contributed by atoms with Crippen LogP contribution in [0.1, 0.15) is 55.1 Å². The smallest absolute Gasteiger partial charge is 0.296 e. The highest BCUT2D eigenvalue weighted by Crippen LogP contribution is 2.36. The Bertz CT molecular complexity index is 1200. The third-order valence-corrected chi connectivity index (χ3v) is 6.70. The minimum atomic E-state index is -0.497. The van der Waals surface area contributed by atoms with Gasteiger partial charge in [-0.1, -0.05) is 0 Å². The summed E-state index contributed by atoms with van der Waals surface area (Å²) in [6.07, 6.45) is 7.39. The van der Waals surface area contributed by atoms with Crippen LogP contribution in [-0.2, 0) is 0 Å². The maximum Gasteiger partial charge on any atom is 0.296 e. The Balaban J connectivity index is 1.45. The fourth-order valence-corrected chi connectivity index (χ4v) is 4.46. The van der Waals surface area contributed by atoms with Gasteiger partial charge in [-0.05, 0) is 62.6 Å². The van der Waals surface area contributed by atoms with E-state index in [9.17, 15) is 15.1 Å². The molecule has 9 heteroatoms. The molecule has 1 aromatic carbocycles. The number of hydrogen-bond acceptors (Lipinski definition) is 6. The molecule has 0 spiro atoms.